The number of carbonyl (C=O) groups is 2. The van der Waals surface area contributed by atoms with Crippen LogP contribution in [-0.4, -0.2) is 25.0 Å². The van der Waals surface area contributed by atoms with Crippen molar-refractivity contribution >= 4 is 28.9 Å². The number of benzene rings is 2. The molecule has 0 heterocycles. The predicted molar refractivity (Wildman–Crippen MR) is 94.0 cm³/mol. The molecule has 0 spiro atoms. The summed E-state index contributed by atoms with van der Waals surface area (Å²) in [5.74, 6) is -0.711. The monoisotopic (exact) mass is 327 g/mol. The van der Waals surface area contributed by atoms with Crippen LogP contribution in [0.5, 0.6) is 0 Å². The molecule has 0 bridgehead atoms. The van der Waals surface area contributed by atoms with Crippen molar-refractivity contribution in [2.24, 2.45) is 5.73 Å². The van der Waals surface area contributed by atoms with Crippen LogP contribution in [0.1, 0.15) is 12.8 Å². The topological polar surface area (TPSA) is 93.5 Å². The highest BCUT2D eigenvalue weighted by Crippen LogP contribution is 2.18. The van der Waals surface area contributed by atoms with Crippen LogP contribution in [0.2, 0.25) is 0 Å². The molecule has 24 heavy (non-hydrogen) atoms. The molecule has 2 aromatic carbocycles. The first kappa shape index (κ1) is 17.5. The first-order chi connectivity index (χ1) is 11.6. The molecular weight excluding hydrogens is 306 g/mol. The summed E-state index contributed by atoms with van der Waals surface area (Å²) in [4.78, 5) is 23.1. The molecule has 0 saturated carbocycles. The van der Waals surface area contributed by atoms with Crippen molar-refractivity contribution in [2.45, 2.75) is 18.9 Å². The third-order valence-corrected chi connectivity index (χ3v) is 3.42. The van der Waals surface area contributed by atoms with Crippen molar-refractivity contribution < 1.29 is 14.3 Å². The number of anilines is 3. The highest BCUT2D eigenvalue weighted by molar-refractivity contribution is 5.91. The second-order valence-corrected chi connectivity index (χ2v) is 5.28. The molecule has 0 saturated heterocycles. The van der Waals surface area contributed by atoms with Gasteiger partial charge in [0.25, 0.3) is 0 Å². The number of nitrogens with two attached hydrogens (primary N) is 1. The van der Waals surface area contributed by atoms with Gasteiger partial charge in [-0.3, -0.25) is 9.59 Å². The number of ether oxygens (including phenoxy) is 1. The first-order valence-corrected chi connectivity index (χ1v) is 7.64. The summed E-state index contributed by atoms with van der Waals surface area (Å²) in [5, 5.41) is 6.03. The number of hydrogen-bond donors (Lipinski definition) is 3. The van der Waals surface area contributed by atoms with E-state index in [0.717, 1.165) is 11.4 Å². The van der Waals surface area contributed by atoms with Gasteiger partial charge in [0.1, 0.15) is 6.04 Å². The van der Waals surface area contributed by atoms with E-state index in [9.17, 15) is 9.59 Å². The zero-order chi connectivity index (χ0) is 17.4. The largest absolute Gasteiger partial charge is 0.468 e. The molecule has 0 aliphatic heterocycles. The Morgan fingerprint density at radius 1 is 1.00 bits per heavy atom. The molecule has 6 heteroatoms. The molecule has 126 valence electrons. The van der Waals surface area contributed by atoms with Gasteiger partial charge in [-0.25, -0.2) is 0 Å². The molecule has 1 amide bonds. The zero-order valence-corrected chi connectivity index (χ0v) is 13.5. The zero-order valence-electron chi connectivity index (χ0n) is 13.5. The Morgan fingerprint density at radius 2 is 1.58 bits per heavy atom. The number of amides is 1. The summed E-state index contributed by atoms with van der Waals surface area (Å²) >= 11 is 0. The van der Waals surface area contributed by atoms with E-state index in [2.05, 4.69) is 15.4 Å². The van der Waals surface area contributed by atoms with Crippen molar-refractivity contribution in [3.05, 3.63) is 54.6 Å². The minimum absolute atomic E-state index is 0.153. The molecule has 6 nitrogen and oxygen atoms in total. The second kappa shape index (κ2) is 8.69. The van der Waals surface area contributed by atoms with Crippen LogP contribution < -0.4 is 16.4 Å². The van der Waals surface area contributed by atoms with Gasteiger partial charge in [-0.1, -0.05) is 18.2 Å². The van der Waals surface area contributed by atoms with E-state index >= 15 is 0 Å². The fraction of sp³-hybridized carbons (Fsp3) is 0.222. The van der Waals surface area contributed by atoms with Crippen molar-refractivity contribution in [2.75, 3.05) is 17.7 Å². The molecule has 4 N–H and O–H groups in total. The predicted octanol–water partition coefficient (Wildman–Crippen LogP) is 2.65. The van der Waals surface area contributed by atoms with Crippen molar-refractivity contribution in [3.63, 3.8) is 0 Å². The maximum Gasteiger partial charge on any atom is 0.322 e. The maximum atomic E-state index is 11.9. The number of esters is 1. The van der Waals surface area contributed by atoms with E-state index in [1.54, 1.807) is 0 Å². The molecule has 1 unspecified atom stereocenters. The van der Waals surface area contributed by atoms with Gasteiger partial charge in [0.2, 0.25) is 5.91 Å². The third kappa shape index (κ3) is 5.40. The molecule has 1 atom stereocenters. The standard InChI is InChI=1S/C18H21N3O3/c1-24-18(23)16(19)11-12-17(22)21-15-9-7-14(8-10-15)20-13-5-3-2-4-6-13/h2-10,16,20H,11-12,19H2,1H3,(H,21,22). The Balaban J connectivity index is 1.83. The highest BCUT2D eigenvalue weighted by Gasteiger charge is 2.15. The number of methoxy groups -OCH3 is 1. The summed E-state index contributed by atoms with van der Waals surface area (Å²) in [6.07, 6.45) is 0.395. The Bertz CT molecular complexity index is 672. The normalized spacial score (nSPS) is 11.4. The van der Waals surface area contributed by atoms with Crippen LogP contribution in [0.25, 0.3) is 0 Å². The lowest BCUT2D eigenvalue weighted by molar-refractivity contribution is -0.142. The summed E-state index contributed by atoms with van der Waals surface area (Å²) in [6, 6.07) is 16.4. The lowest BCUT2D eigenvalue weighted by atomic mass is 10.1. The van der Waals surface area contributed by atoms with E-state index in [0.29, 0.717) is 5.69 Å². The second-order valence-electron chi connectivity index (χ2n) is 5.28. The van der Waals surface area contributed by atoms with E-state index in [-0.39, 0.29) is 18.7 Å². The fourth-order valence-corrected chi connectivity index (χ4v) is 2.10. The number of carbonyl (C=O) groups excluding carboxylic acids is 2. The van der Waals surface area contributed by atoms with Crippen molar-refractivity contribution in [1.82, 2.24) is 0 Å². The fourth-order valence-electron chi connectivity index (χ4n) is 2.10. The molecule has 2 rings (SSSR count). The van der Waals surface area contributed by atoms with Gasteiger partial charge in [-0.05, 0) is 42.8 Å². The van der Waals surface area contributed by atoms with E-state index in [1.807, 2.05) is 54.6 Å². The van der Waals surface area contributed by atoms with Crippen LogP contribution in [0.4, 0.5) is 17.1 Å². The van der Waals surface area contributed by atoms with Gasteiger partial charge >= 0.3 is 5.97 Å². The SMILES string of the molecule is COC(=O)C(N)CCC(=O)Nc1ccc(Nc2ccccc2)cc1. The maximum absolute atomic E-state index is 11.9. The molecule has 0 aliphatic carbocycles. The molecule has 0 fully saturated rings. The summed E-state index contributed by atoms with van der Waals surface area (Å²) < 4.78 is 4.52. The lowest BCUT2D eigenvalue weighted by Gasteiger charge is -2.10. The average Bonchev–Trinajstić information content (AvgIpc) is 2.61. The molecule has 0 radical (unpaired) electrons. The smallest absolute Gasteiger partial charge is 0.322 e. The van der Waals surface area contributed by atoms with Crippen molar-refractivity contribution in [3.8, 4) is 0 Å². The van der Waals surface area contributed by atoms with Crippen LogP contribution in [0.15, 0.2) is 54.6 Å². The van der Waals surface area contributed by atoms with Gasteiger partial charge in [0, 0.05) is 23.5 Å². The molecule has 2 aromatic rings. The number of para-hydroxylation sites is 1. The van der Waals surface area contributed by atoms with Gasteiger partial charge in [0.15, 0.2) is 0 Å². The number of rotatable bonds is 7. The van der Waals surface area contributed by atoms with Gasteiger partial charge in [0.05, 0.1) is 7.11 Å². The van der Waals surface area contributed by atoms with Gasteiger partial charge in [-0.2, -0.15) is 0 Å². The Kier molecular flexibility index (Phi) is 6.33. The molecular formula is C18H21N3O3. The minimum atomic E-state index is -0.779. The highest BCUT2D eigenvalue weighted by atomic mass is 16.5. The Morgan fingerprint density at radius 3 is 2.21 bits per heavy atom. The number of hydrogen-bond acceptors (Lipinski definition) is 5. The summed E-state index contributed by atoms with van der Waals surface area (Å²) in [6.45, 7) is 0. The van der Waals surface area contributed by atoms with E-state index in [1.165, 1.54) is 7.11 Å². The first-order valence-electron chi connectivity index (χ1n) is 7.64. The summed E-state index contributed by atoms with van der Waals surface area (Å²) in [5.41, 5.74) is 8.20. The van der Waals surface area contributed by atoms with E-state index < -0.39 is 12.0 Å². The Labute approximate surface area is 141 Å². The van der Waals surface area contributed by atoms with Crippen LogP contribution in [-0.2, 0) is 14.3 Å². The van der Waals surface area contributed by atoms with Crippen LogP contribution in [0, 0.1) is 0 Å². The number of nitrogens with one attached hydrogen (secondary N) is 2. The summed E-state index contributed by atoms with van der Waals surface area (Å²) in [7, 11) is 1.27. The quantitative estimate of drug-likeness (QED) is 0.680. The molecule has 0 aromatic heterocycles. The van der Waals surface area contributed by atoms with Gasteiger partial charge in [-0.15, -0.1) is 0 Å². The minimum Gasteiger partial charge on any atom is -0.468 e. The average molecular weight is 327 g/mol. The van der Waals surface area contributed by atoms with Crippen LogP contribution >= 0.6 is 0 Å². The van der Waals surface area contributed by atoms with E-state index in [4.69, 9.17) is 5.73 Å². The third-order valence-electron chi connectivity index (χ3n) is 3.42. The van der Waals surface area contributed by atoms with Gasteiger partial charge < -0.3 is 21.1 Å². The molecule has 0 aliphatic rings. The van der Waals surface area contributed by atoms with Crippen LogP contribution in [0.3, 0.4) is 0 Å². The lowest BCUT2D eigenvalue weighted by Crippen LogP contribution is -2.32. The van der Waals surface area contributed by atoms with Crippen molar-refractivity contribution in [1.29, 1.82) is 0 Å². The Hall–Kier alpha value is -2.86.